The Kier molecular flexibility index (Phi) is 4.96. The molecule has 0 aliphatic heterocycles. The van der Waals surface area contributed by atoms with E-state index in [1.165, 1.54) is 37.4 Å². The van der Waals surface area contributed by atoms with Crippen LogP contribution < -0.4 is 10.1 Å². The van der Waals surface area contributed by atoms with Gasteiger partial charge in [-0.2, -0.15) is 4.73 Å². The number of nitrogens with one attached hydrogen (secondary N) is 1. The number of carbonyl (C=O) groups excluding carboxylic acids is 1. The fourth-order valence-electron chi connectivity index (χ4n) is 3.06. The number of anilines is 1. The normalized spacial score (nSPS) is 10.8. The first kappa shape index (κ1) is 19.8. The number of methoxy groups -OCH3 is 1. The molecule has 0 aliphatic rings. The molecule has 0 fully saturated rings. The van der Waals surface area contributed by atoms with Crippen LogP contribution in [0.4, 0.5) is 15.8 Å². The molecule has 0 bridgehead atoms. The van der Waals surface area contributed by atoms with Gasteiger partial charge in [0.2, 0.25) is 0 Å². The highest BCUT2D eigenvalue weighted by Crippen LogP contribution is 2.27. The first-order valence-corrected chi connectivity index (χ1v) is 9.00. The zero-order chi connectivity index (χ0) is 22.1. The van der Waals surface area contributed by atoms with Gasteiger partial charge in [-0.3, -0.25) is 4.79 Å². The Morgan fingerprint density at radius 2 is 1.87 bits per heavy atom. The molecular formula is C21H16FN4O5+. The van der Waals surface area contributed by atoms with E-state index in [4.69, 9.17) is 9.94 Å². The third-order valence-corrected chi connectivity index (χ3v) is 4.65. The topological polar surface area (TPSA) is 117 Å². The number of imidazole rings is 1. The zero-order valence-corrected chi connectivity index (χ0v) is 16.1. The molecule has 0 unspecified atom stereocenters. The summed E-state index contributed by atoms with van der Waals surface area (Å²) in [5.41, 5.74) is 1.86. The van der Waals surface area contributed by atoms with Crippen molar-refractivity contribution >= 4 is 28.3 Å². The van der Waals surface area contributed by atoms with Gasteiger partial charge >= 0.3 is 5.69 Å². The maximum absolute atomic E-state index is 13.5. The van der Waals surface area contributed by atoms with Gasteiger partial charge in [-0.05, 0) is 48.5 Å². The summed E-state index contributed by atoms with van der Waals surface area (Å²) in [6.07, 6.45) is 0. The molecule has 4 rings (SSSR count). The van der Waals surface area contributed by atoms with Gasteiger partial charge in [0.05, 0.1) is 17.5 Å². The Morgan fingerprint density at radius 1 is 1.13 bits per heavy atom. The van der Waals surface area contributed by atoms with Gasteiger partial charge < -0.3 is 15.3 Å². The smallest absolute Gasteiger partial charge is 0.318 e. The fraction of sp³-hybridized carbons (Fsp3) is 0.0476. The highest BCUT2D eigenvalue weighted by molar-refractivity contribution is 6.04. The fourth-order valence-corrected chi connectivity index (χ4v) is 3.06. The van der Waals surface area contributed by atoms with Crippen LogP contribution in [0, 0.1) is 10.7 Å². The summed E-state index contributed by atoms with van der Waals surface area (Å²) in [4.78, 5) is 27.5. The molecule has 0 saturated carbocycles. The van der Waals surface area contributed by atoms with Gasteiger partial charge in [-0.15, -0.1) is 0 Å². The van der Waals surface area contributed by atoms with Crippen molar-refractivity contribution in [2.45, 2.75) is 0 Å². The summed E-state index contributed by atoms with van der Waals surface area (Å²) in [5, 5.41) is 22.2. The van der Waals surface area contributed by atoms with Crippen molar-refractivity contribution in [2.75, 3.05) is 12.4 Å². The minimum atomic E-state index is -0.565. The molecule has 1 aromatic heterocycles. The third kappa shape index (κ3) is 3.73. The predicted octanol–water partition coefficient (Wildman–Crippen LogP) is 4.14. The lowest BCUT2D eigenvalue weighted by Crippen LogP contribution is -2.12. The molecule has 0 saturated heterocycles. The highest BCUT2D eigenvalue weighted by Gasteiger charge is 2.18. The van der Waals surface area contributed by atoms with Crippen LogP contribution >= 0.6 is 0 Å². The van der Waals surface area contributed by atoms with Crippen LogP contribution in [0.5, 0.6) is 5.75 Å². The van der Waals surface area contributed by atoms with Crippen LogP contribution in [-0.2, 0) is 0 Å². The molecule has 1 amide bonds. The number of hydrogen-bond donors (Lipinski definition) is 3. The maximum atomic E-state index is 13.5. The van der Waals surface area contributed by atoms with Crippen molar-refractivity contribution in [1.82, 2.24) is 9.71 Å². The van der Waals surface area contributed by atoms with Crippen LogP contribution in [0.1, 0.15) is 10.4 Å². The van der Waals surface area contributed by atoms with E-state index in [0.717, 1.165) is 10.8 Å². The average molecular weight is 423 g/mol. The molecule has 0 aliphatic carbocycles. The minimum absolute atomic E-state index is 0.0331. The van der Waals surface area contributed by atoms with E-state index in [0.29, 0.717) is 16.8 Å². The number of halogens is 1. The molecule has 3 N–H and O–H groups in total. The molecule has 0 radical (unpaired) electrons. The summed E-state index contributed by atoms with van der Waals surface area (Å²) in [7, 11) is 1.31. The summed E-state index contributed by atoms with van der Waals surface area (Å²) >= 11 is 0. The van der Waals surface area contributed by atoms with E-state index >= 15 is 0 Å². The van der Waals surface area contributed by atoms with Crippen molar-refractivity contribution in [3.8, 4) is 17.1 Å². The van der Waals surface area contributed by atoms with Crippen LogP contribution in [0.15, 0.2) is 60.7 Å². The summed E-state index contributed by atoms with van der Waals surface area (Å²) in [5.74, 6) is -0.832. The van der Waals surface area contributed by atoms with Gasteiger partial charge in [-0.1, -0.05) is 0 Å². The lowest BCUT2D eigenvalue weighted by Gasteiger charge is -2.08. The monoisotopic (exact) mass is 423 g/mol. The van der Waals surface area contributed by atoms with Crippen LogP contribution in [0.25, 0.3) is 22.4 Å². The van der Waals surface area contributed by atoms with Crippen molar-refractivity contribution < 1.29 is 29.3 Å². The number of benzene rings is 3. The van der Waals surface area contributed by atoms with Gasteiger partial charge in [-0.25, -0.2) is 14.6 Å². The Morgan fingerprint density at radius 3 is 2.55 bits per heavy atom. The Labute approximate surface area is 174 Å². The van der Waals surface area contributed by atoms with Gasteiger partial charge in [0.1, 0.15) is 5.52 Å². The van der Waals surface area contributed by atoms with Gasteiger partial charge in [0.15, 0.2) is 17.4 Å². The Bertz CT molecular complexity index is 1320. The summed E-state index contributed by atoms with van der Waals surface area (Å²) in [6.45, 7) is 0. The number of rotatable bonds is 5. The molecular weight excluding hydrogens is 407 g/mol. The quantitative estimate of drug-likeness (QED) is 0.328. The maximum Gasteiger partial charge on any atom is 0.318 e. The van der Waals surface area contributed by atoms with Crippen LogP contribution in [-0.4, -0.2) is 38.1 Å². The standard InChI is InChI=1S/C21H15FN4O5/c1-31-19-10-13(4-8-16(19)22)21(27)23-14-5-2-12(3-6-14)20-24-17-9-7-15(26(29)30)11-18(17)25(20)28/h2-11,28H,1H3,(H-,23,24,27,29,30)/p+1. The zero-order valence-electron chi connectivity index (χ0n) is 16.1. The molecule has 156 valence electrons. The number of ether oxygens (including phenoxy) is 1. The lowest BCUT2D eigenvalue weighted by atomic mass is 10.1. The molecule has 3 aromatic carbocycles. The number of fused-ring (bicyclic) bond motifs is 1. The first-order chi connectivity index (χ1) is 14.9. The molecule has 31 heavy (non-hydrogen) atoms. The van der Waals surface area contributed by atoms with E-state index < -0.39 is 11.7 Å². The number of nitrogens with zero attached hydrogens (tertiary/aromatic N) is 3. The van der Waals surface area contributed by atoms with E-state index in [1.54, 1.807) is 24.3 Å². The largest absolute Gasteiger partial charge is 0.494 e. The molecule has 9 nitrogen and oxygen atoms in total. The summed E-state index contributed by atoms with van der Waals surface area (Å²) < 4.78 is 19.2. The predicted molar refractivity (Wildman–Crippen MR) is 108 cm³/mol. The number of hydrogen-bond acceptors (Lipinski definition) is 5. The second-order valence-corrected chi connectivity index (χ2v) is 6.57. The number of aromatic nitrogens is 2. The molecule has 1 heterocycles. The molecule has 0 atom stereocenters. The second kappa shape index (κ2) is 7.75. The average Bonchev–Trinajstić information content (AvgIpc) is 3.10. The summed E-state index contributed by atoms with van der Waals surface area (Å²) in [6, 6.07) is 14.5. The lowest BCUT2D eigenvalue weighted by molar-refractivity contribution is -0.729. The molecule has 10 heteroatoms. The number of amides is 1. The number of carbonyl (C=O) groups is 1. The van der Waals surface area contributed by atoms with Crippen molar-refractivity contribution in [3.63, 3.8) is 0 Å². The SMILES string of the molecule is COc1cc(C(=O)Nc2ccc(-c3nc4ccc([N+](=O)O)cc4n3O)cc2)ccc1F. The minimum Gasteiger partial charge on any atom is -0.494 e. The Balaban J connectivity index is 1.58. The van der Waals surface area contributed by atoms with Crippen LogP contribution in [0.2, 0.25) is 0 Å². The highest BCUT2D eigenvalue weighted by atomic mass is 19.1. The van der Waals surface area contributed by atoms with Crippen molar-refractivity contribution in [3.05, 3.63) is 77.0 Å². The van der Waals surface area contributed by atoms with E-state index in [2.05, 4.69) is 10.3 Å². The van der Waals surface area contributed by atoms with E-state index in [-0.39, 0.29) is 33.3 Å². The van der Waals surface area contributed by atoms with E-state index in [1.807, 2.05) is 0 Å². The van der Waals surface area contributed by atoms with Gasteiger partial charge in [0, 0.05) is 28.9 Å². The molecule has 4 aromatic rings. The first-order valence-electron chi connectivity index (χ1n) is 9.00. The second-order valence-electron chi connectivity index (χ2n) is 6.57. The van der Waals surface area contributed by atoms with Crippen molar-refractivity contribution in [1.29, 1.82) is 0 Å². The van der Waals surface area contributed by atoms with Crippen molar-refractivity contribution in [2.24, 2.45) is 0 Å². The molecule has 0 spiro atoms. The van der Waals surface area contributed by atoms with Crippen LogP contribution in [0.3, 0.4) is 0 Å². The van der Waals surface area contributed by atoms with E-state index in [9.17, 15) is 19.3 Å². The Hall–Kier alpha value is -4.47. The van der Waals surface area contributed by atoms with Gasteiger partial charge in [0.25, 0.3) is 10.8 Å². The third-order valence-electron chi connectivity index (χ3n) is 4.65.